The summed E-state index contributed by atoms with van der Waals surface area (Å²) < 4.78 is 5.79. The third kappa shape index (κ3) is 3.98. The fourth-order valence-electron chi connectivity index (χ4n) is 1.86. The van der Waals surface area contributed by atoms with Crippen molar-refractivity contribution in [3.63, 3.8) is 0 Å². The highest BCUT2D eigenvalue weighted by molar-refractivity contribution is 6.30. The molecule has 2 nitrogen and oxygen atoms in total. The first-order valence-electron chi connectivity index (χ1n) is 6.42. The van der Waals surface area contributed by atoms with E-state index in [1.54, 1.807) is 0 Å². The molecule has 0 saturated heterocycles. The topological polar surface area (TPSA) is 21.3 Å². The molecule has 0 fully saturated rings. The van der Waals surface area contributed by atoms with Crippen molar-refractivity contribution in [3.05, 3.63) is 58.6 Å². The van der Waals surface area contributed by atoms with E-state index in [1.807, 2.05) is 36.4 Å². The molecule has 100 valence electrons. The molecule has 0 atom stereocenters. The van der Waals surface area contributed by atoms with Crippen LogP contribution in [-0.4, -0.2) is 6.54 Å². The quantitative estimate of drug-likeness (QED) is 0.864. The highest BCUT2D eigenvalue weighted by Gasteiger charge is 2.02. The van der Waals surface area contributed by atoms with E-state index in [0.29, 0.717) is 5.02 Å². The van der Waals surface area contributed by atoms with Crippen LogP contribution in [0.2, 0.25) is 5.02 Å². The lowest BCUT2D eigenvalue weighted by molar-refractivity contribution is 0.482. The fraction of sp³-hybridized carbons (Fsp3) is 0.250. The summed E-state index contributed by atoms with van der Waals surface area (Å²) in [4.78, 5) is 0. The fourth-order valence-corrected chi connectivity index (χ4v) is 2.04. The van der Waals surface area contributed by atoms with Crippen LogP contribution in [0.5, 0.6) is 11.5 Å². The molecule has 0 bridgehead atoms. The Balaban J connectivity index is 2.11. The van der Waals surface area contributed by atoms with Gasteiger partial charge >= 0.3 is 0 Å². The normalized spacial score (nSPS) is 10.5. The number of rotatable bonds is 5. The van der Waals surface area contributed by atoms with E-state index in [1.165, 1.54) is 11.1 Å². The Morgan fingerprint density at radius 3 is 2.58 bits per heavy atom. The summed E-state index contributed by atoms with van der Waals surface area (Å²) in [6.45, 7) is 6.06. The Morgan fingerprint density at radius 2 is 1.89 bits per heavy atom. The van der Waals surface area contributed by atoms with E-state index in [9.17, 15) is 0 Å². The van der Waals surface area contributed by atoms with Crippen LogP contribution in [0.1, 0.15) is 18.1 Å². The summed E-state index contributed by atoms with van der Waals surface area (Å²) in [5, 5.41) is 4.00. The molecule has 0 aliphatic rings. The maximum absolute atomic E-state index is 5.94. The lowest BCUT2D eigenvalue weighted by Gasteiger charge is -2.10. The monoisotopic (exact) mass is 275 g/mol. The van der Waals surface area contributed by atoms with Crippen LogP contribution < -0.4 is 10.1 Å². The SMILES string of the molecule is CCNCc1ccc(Oc2cccc(Cl)c2)cc1C. The molecule has 1 N–H and O–H groups in total. The van der Waals surface area contributed by atoms with Crippen molar-refractivity contribution in [3.8, 4) is 11.5 Å². The van der Waals surface area contributed by atoms with Gasteiger partial charge in [-0.2, -0.15) is 0 Å². The Labute approximate surface area is 119 Å². The number of aryl methyl sites for hydroxylation is 1. The van der Waals surface area contributed by atoms with Gasteiger partial charge in [-0.25, -0.2) is 0 Å². The van der Waals surface area contributed by atoms with Crippen LogP contribution in [-0.2, 0) is 6.54 Å². The summed E-state index contributed by atoms with van der Waals surface area (Å²) in [7, 11) is 0. The molecule has 0 radical (unpaired) electrons. The summed E-state index contributed by atoms with van der Waals surface area (Å²) in [5.41, 5.74) is 2.51. The molecule has 0 unspecified atom stereocenters. The van der Waals surface area contributed by atoms with Crippen molar-refractivity contribution in [1.82, 2.24) is 5.32 Å². The maximum Gasteiger partial charge on any atom is 0.128 e. The second kappa shape index (κ2) is 6.60. The molecule has 0 amide bonds. The Morgan fingerprint density at radius 1 is 1.11 bits per heavy atom. The van der Waals surface area contributed by atoms with Crippen molar-refractivity contribution >= 4 is 11.6 Å². The smallest absolute Gasteiger partial charge is 0.128 e. The zero-order chi connectivity index (χ0) is 13.7. The second-order valence-electron chi connectivity index (χ2n) is 4.43. The van der Waals surface area contributed by atoms with Gasteiger partial charge in [0.05, 0.1) is 0 Å². The molecule has 2 aromatic carbocycles. The first-order valence-corrected chi connectivity index (χ1v) is 6.80. The summed E-state index contributed by atoms with van der Waals surface area (Å²) in [6.07, 6.45) is 0. The van der Waals surface area contributed by atoms with Gasteiger partial charge < -0.3 is 10.1 Å². The van der Waals surface area contributed by atoms with Crippen molar-refractivity contribution in [2.45, 2.75) is 20.4 Å². The Hall–Kier alpha value is -1.51. The number of hydrogen-bond acceptors (Lipinski definition) is 2. The van der Waals surface area contributed by atoms with E-state index in [2.05, 4.69) is 25.2 Å². The molecular weight excluding hydrogens is 258 g/mol. The highest BCUT2D eigenvalue weighted by atomic mass is 35.5. The van der Waals surface area contributed by atoms with E-state index >= 15 is 0 Å². The summed E-state index contributed by atoms with van der Waals surface area (Å²) in [5.74, 6) is 1.59. The molecule has 3 heteroatoms. The molecule has 0 aromatic heterocycles. The zero-order valence-electron chi connectivity index (χ0n) is 11.2. The first kappa shape index (κ1) is 13.9. The second-order valence-corrected chi connectivity index (χ2v) is 4.86. The minimum Gasteiger partial charge on any atom is -0.457 e. The van der Waals surface area contributed by atoms with Gasteiger partial charge in [-0.15, -0.1) is 0 Å². The van der Waals surface area contributed by atoms with Crippen LogP contribution in [0.15, 0.2) is 42.5 Å². The molecule has 19 heavy (non-hydrogen) atoms. The number of hydrogen-bond donors (Lipinski definition) is 1. The van der Waals surface area contributed by atoms with Gasteiger partial charge in [-0.05, 0) is 54.9 Å². The van der Waals surface area contributed by atoms with Gasteiger partial charge in [-0.3, -0.25) is 0 Å². The van der Waals surface area contributed by atoms with Gasteiger partial charge in [0.2, 0.25) is 0 Å². The lowest BCUT2D eigenvalue weighted by atomic mass is 10.1. The average Bonchev–Trinajstić information content (AvgIpc) is 2.38. The zero-order valence-corrected chi connectivity index (χ0v) is 12.0. The largest absolute Gasteiger partial charge is 0.457 e. The maximum atomic E-state index is 5.94. The van der Waals surface area contributed by atoms with E-state index in [0.717, 1.165) is 24.6 Å². The summed E-state index contributed by atoms with van der Waals surface area (Å²) in [6, 6.07) is 13.5. The first-order chi connectivity index (χ1) is 9.19. The third-order valence-corrected chi connectivity index (χ3v) is 3.15. The van der Waals surface area contributed by atoms with Crippen molar-refractivity contribution in [2.75, 3.05) is 6.54 Å². The molecule has 0 heterocycles. The van der Waals surface area contributed by atoms with E-state index < -0.39 is 0 Å². The lowest BCUT2D eigenvalue weighted by Crippen LogP contribution is -2.12. The van der Waals surface area contributed by atoms with Gasteiger partial charge in [0, 0.05) is 11.6 Å². The van der Waals surface area contributed by atoms with Crippen LogP contribution in [0.3, 0.4) is 0 Å². The molecule has 0 saturated carbocycles. The van der Waals surface area contributed by atoms with Gasteiger partial charge in [0.15, 0.2) is 0 Å². The minimum absolute atomic E-state index is 0.679. The molecule has 0 aliphatic heterocycles. The van der Waals surface area contributed by atoms with Gasteiger partial charge in [0.1, 0.15) is 11.5 Å². The molecule has 2 rings (SSSR count). The van der Waals surface area contributed by atoms with E-state index in [4.69, 9.17) is 16.3 Å². The van der Waals surface area contributed by atoms with Gasteiger partial charge in [-0.1, -0.05) is 30.7 Å². The van der Waals surface area contributed by atoms with Crippen LogP contribution in [0.25, 0.3) is 0 Å². The standard InChI is InChI=1S/C16H18ClNO/c1-3-18-11-13-7-8-16(9-12(13)2)19-15-6-4-5-14(17)10-15/h4-10,18H,3,11H2,1-2H3. The average molecular weight is 276 g/mol. The number of halogens is 1. The number of nitrogens with one attached hydrogen (secondary N) is 1. The van der Waals surface area contributed by atoms with Crippen molar-refractivity contribution in [2.24, 2.45) is 0 Å². The molecule has 0 spiro atoms. The Kier molecular flexibility index (Phi) is 4.83. The number of ether oxygens (including phenoxy) is 1. The van der Waals surface area contributed by atoms with Crippen LogP contribution >= 0.6 is 11.6 Å². The predicted octanol–water partition coefficient (Wildman–Crippen LogP) is 4.55. The molecule has 0 aliphatic carbocycles. The van der Waals surface area contributed by atoms with Crippen LogP contribution in [0.4, 0.5) is 0 Å². The minimum atomic E-state index is 0.679. The van der Waals surface area contributed by atoms with Crippen molar-refractivity contribution < 1.29 is 4.74 Å². The predicted molar refractivity (Wildman–Crippen MR) is 80.1 cm³/mol. The third-order valence-electron chi connectivity index (χ3n) is 2.91. The summed E-state index contributed by atoms with van der Waals surface area (Å²) >= 11 is 5.94. The van der Waals surface area contributed by atoms with Crippen LogP contribution in [0, 0.1) is 6.92 Å². The number of benzene rings is 2. The van der Waals surface area contributed by atoms with E-state index in [-0.39, 0.29) is 0 Å². The highest BCUT2D eigenvalue weighted by Crippen LogP contribution is 2.25. The Bertz CT molecular complexity index is 554. The van der Waals surface area contributed by atoms with Crippen molar-refractivity contribution in [1.29, 1.82) is 0 Å². The van der Waals surface area contributed by atoms with Gasteiger partial charge in [0.25, 0.3) is 0 Å². The molecular formula is C16H18ClNO. The molecule has 2 aromatic rings.